The first-order chi connectivity index (χ1) is 37.5. The maximum absolute atomic E-state index is 12.9. The van der Waals surface area contributed by atoms with Crippen LogP contribution in [0.15, 0.2) is 85.1 Å². The van der Waals surface area contributed by atoms with Gasteiger partial charge in [-0.25, -0.2) is 0 Å². The lowest BCUT2D eigenvalue weighted by Gasteiger charge is -2.18. The molecule has 0 bridgehead atoms. The lowest BCUT2D eigenvalue weighted by molar-refractivity contribution is -0.167. The van der Waals surface area contributed by atoms with Gasteiger partial charge in [0, 0.05) is 19.3 Å². The molecule has 0 radical (unpaired) electrons. The topological polar surface area (TPSA) is 78.9 Å². The molecule has 0 aliphatic carbocycles. The third-order valence-electron chi connectivity index (χ3n) is 14.1. The molecule has 0 aromatic heterocycles. The van der Waals surface area contributed by atoms with E-state index in [-0.39, 0.29) is 31.1 Å². The van der Waals surface area contributed by atoms with E-state index in [0.29, 0.717) is 19.3 Å². The van der Waals surface area contributed by atoms with Gasteiger partial charge in [-0.1, -0.05) is 273 Å². The van der Waals surface area contributed by atoms with Crippen molar-refractivity contribution in [1.29, 1.82) is 0 Å². The first-order valence-electron chi connectivity index (χ1n) is 32.6. The monoisotopic (exact) mass is 1060 g/mol. The van der Waals surface area contributed by atoms with Crippen molar-refractivity contribution in [3.63, 3.8) is 0 Å². The number of unbranched alkanes of at least 4 members (excludes halogenated alkanes) is 34. The number of hydrogen-bond donors (Lipinski definition) is 0. The molecule has 0 fully saturated rings. The summed E-state index contributed by atoms with van der Waals surface area (Å²) in [4.78, 5) is 38.3. The van der Waals surface area contributed by atoms with Gasteiger partial charge in [-0.2, -0.15) is 0 Å². The predicted octanol–water partition coefficient (Wildman–Crippen LogP) is 22.3. The summed E-state index contributed by atoms with van der Waals surface area (Å²) in [6.45, 7) is 6.50. The molecular weight excluding hydrogens is 937 g/mol. The Balaban J connectivity index is 4.30. The third kappa shape index (κ3) is 61.4. The average Bonchev–Trinajstić information content (AvgIpc) is 3.42. The van der Waals surface area contributed by atoms with E-state index < -0.39 is 6.10 Å². The average molecular weight is 1060 g/mol. The third-order valence-corrected chi connectivity index (χ3v) is 14.1. The van der Waals surface area contributed by atoms with Crippen LogP contribution in [0.4, 0.5) is 0 Å². The minimum Gasteiger partial charge on any atom is -0.462 e. The van der Waals surface area contributed by atoms with Crippen molar-refractivity contribution in [2.75, 3.05) is 13.2 Å². The summed E-state index contributed by atoms with van der Waals surface area (Å²) in [6, 6.07) is 0. The van der Waals surface area contributed by atoms with Crippen LogP contribution in [-0.4, -0.2) is 37.2 Å². The number of carbonyl (C=O) groups excluding carboxylic acids is 3. The summed E-state index contributed by atoms with van der Waals surface area (Å²) in [7, 11) is 0. The van der Waals surface area contributed by atoms with Gasteiger partial charge in [0.2, 0.25) is 0 Å². The molecule has 0 saturated heterocycles. The fraction of sp³-hybridized carbons (Fsp3) is 0.757. The van der Waals surface area contributed by atoms with Gasteiger partial charge >= 0.3 is 17.9 Å². The van der Waals surface area contributed by atoms with Crippen LogP contribution in [0.25, 0.3) is 0 Å². The van der Waals surface area contributed by atoms with Crippen molar-refractivity contribution in [3.8, 4) is 0 Å². The predicted molar refractivity (Wildman–Crippen MR) is 330 cm³/mol. The standard InChI is InChI=1S/C70H122O6/c1-4-7-10-13-16-19-22-25-28-30-31-32-33-34-35-36-37-38-39-40-43-45-48-51-54-57-60-63-69(72)75-66-67(65-74-68(71)62-59-56-53-50-47-44-41-27-24-21-18-15-12-9-6-3)76-70(73)64-61-58-55-52-49-46-42-29-26-23-20-17-14-11-8-5-2/h9,12,18,21-22,25,27,29-31,41-42,47,50,67H,4-8,10-11,13-17,19-20,23-24,26,28,32-40,43-46,48-49,51-66H2,1-3H3/b12-9-,21-18-,25-22-,31-30-,41-27-,42-29-,50-47-. The number of esters is 3. The summed E-state index contributed by atoms with van der Waals surface area (Å²) in [6.07, 6.45) is 84.6. The highest BCUT2D eigenvalue weighted by molar-refractivity contribution is 5.71. The van der Waals surface area contributed by atoms with Crippen molar-refractivity contribution in [2.45, 2.75) is 329 Å². The first-order valence-corrected chi connectivity index (χ1v) is 32.6. The fourth-order valence-corrected chi connectivity index (χ4v) is 9.23. The zero-order chi connectivity index (χ0) is 55.0. The first kappa shape index (κ1) is 72.6. The van der Waals surface area contributed by atoms with E-state index in [1.165, 1.54) is 180 Å². The van der Waals surface area contributed by atoms with E-state index in [2.05, 4.69) is 106 Å². The van der Waals surface area contributed by atoms with Gasteiger partial charge in [0.15, 0.2) is 6.10 Å². The van der Waals surface area contributed by atoms with E-state index in [4.69, 9.17) is 14.2 Å². The van der Waals surface area contributed by atoms with Gasteiger partial charge in [-0.3, -0.25) is 14.4 Å². The number of ether oxygens (including phenoxy) is 3. The highest BCUT2D eigenvalue weighted by Crippen LogP contribution is 2.16. The zero-order valence-corrected chi connectivity index (χ0v) is 50.3. The molecule has 0 aliphatic rings. The Hall–Kier alpha value is -3.41. The van der Waals surface area contributed by atoms with E-state index in [1.807, 2.05) is 0 Å². The second-order valence-corrected chi connectivity index (χ2v) is 21.6. The quantitative estimate of drug-likeness (QED) is 0.0261. The maximum atomic E-state index is 12.9. The van der Waals surface area contributed by atoms with Crippen LogP contribution >= 0.6 is 0 Å². The second kappa shape index (κ2) is 64.1. The summed E-state index contributed by atoms with van der Waals surface area (Å²) < 4.78 is 16.9. The Morgan fingerprint density at radius 2 is 0.513 bits per heavy atom. The summed E-state index contributed by atoms with van der Waals surface area (Å²) in [5.74, 6) is -0.931. The number of allylic oxidation sites excluding steroid dienone is 14. The smallest absolute Gasteiger partial charge is 0.306 e. The van der Waals surface area contributed by atoms with Crippen molar-refractivity contribution < 1.29 is 28.6 Å². The Morgan fingerprint density at radius 1 is 0.276 bits per heavy atom. The lowest BCUT2D eigenvalue weighted by Crippen LogP contribution is -2.30. The molecule has 0 spiro atoms. The summed E-state index contributed by atoms with van der Waals surface area (Å²) in [5.41, 5.74) is 0. The van der Waals surface area contributed by atoms with E-state index in [1.54, 1.807) is 0 Å². The number of rotatable bonds is 59. The van der Waals surface area contributed by atoms with Gasteiger partial charge in [0.05, 0.1) is 0 Å². The SMILES string of the molecule is CC/C=C\C/C=C\C/C=C\C/C=C\CCCCC(=O)OCC(COC(=O)CCCCCCCCCCCCCCCCC/C=C\C/C=C\CCCCCCC)OC(=O)CCCCCCC/C=C\CCCCCCCCC. The van der Waals surface area contributed by atoms with Crippen molar-refractivity contribution in [2.24, 2.45) is 0 Å². The Kier molecular flexibility index (Phi) is 61.2. The van der Waals surface area contributed by atoms with Crippen LogP contribution in [0.1, 0.15) is 323 Å². The normalized spacial score (nSPS) is 12.6. The Bertz CT molecular complexity index is 1450. The van der Waals surface area contributed by atoms with Gasteiger partial charge < -0.3 is 14.2 Å². The maximum Gasteiger partial charge on any atom is 0.306 e. The van der Waals surface area contributed by atoms with Crippen LogP contribution in [0, 0.1) is 0 Å². The number of carbonyl (C=O) groups is 3. The van der Waals surface area contributed by atoms with E-state index >= 15 is 0 Å². The van der Waals surface area contributed by atoms with Crippen LogP contribution in [0.3, 0.4) is 0 Å². The van der Waals surface area contributed by atoms with Gasteiger partial charge in [0.1, 0.15) is 13.2 Å². The van der Waals surface area contributed by atoms with Gasteiger partial charge in [-0.15, -0.1) is 0 Å². The molecule has 0 aromatic rings. The van der Waals surface area contributed by atoms with Crippen LogP contribution < -0.4 is 0 Å². The second-order valence-electron chi connectivity index (χ2n) is 21.6. The molecule has 0 amide bonds. The molecule has 1 atom stereocenters. The molecule has 0 rings (SSSR count). The molecule has 6 nitrogen and oxygen atoms in total. The van der Waals surface area contributed by atoms with E-state index in [0.717, 1.165) is 103 Å². The van der Waals surface area contributed by atoms with Crippen LogP contribution in [0.2, 0.25) is 0 Å². The van der Waals surface area contributed by atoms with Crippen molar-refractivity contribution in [3.05, 3.63) is 85.1 Å². The molecule has 0 saturated carbocycles. The summed E-state index contributed by atoms with van der Waals surface area (Å²) in [5, 5.41) is 0. The highest BCUT2D eigenvalue weighted by Gasteiger charge is 2.19. The van der Waals surface area contributed by atoms with Crippen molar-refractivity contribution >= 4 is 17.9 Å². The molecule has 6 heteroatoms. The molecule has 0 aromatic carbocycles. The minimum absolute atomic E-state index is 0.0915. The molecule has 0 aliphatic heterocycles. The van der Waals surface area contributed by atoms with Crippen LogP contribution in [-0.2, 0) is 28.6 Å². The molecule has 438 valence electrons. The summed E-state index contributed by atoms with van der Waals surface area (Å²) >= 11 is 0. The van der Waals surface area contributed by atoms with Gasteiger partial charge in [0.25, 0.3) is 0 Å². The lowest BCUT2D eigenvalue weighted by atomic mass is 10.0. The van der Waals surface area contributed by atoms with Crippen molar-refractivity contribution in [1.82, 2.24) is 0 Å². The Morgan fingerprint density at radius 3 is 0.842 bits per heavy atom. The fourth-order valence-electron chi connectivity index (χ4n) is 9.23. The molecule has 0 N–H and O–H groups in total. The zero-order valence-electron chi connectivity index (χ0n) is 50.3. The molecule has 76 heavy (non-hydrogen) atoms. The van der Waals surface area contributed by atoms with Crippen LogP contribution in [0.5, 0.6) is 0 Å². The number of hydrogen-bond acceptors (Lipinski definition) is 6. The van der Waals surface area contributed by atoms with E-state index in [9.17, 15) is 14.4 Å². The molecular formula is C70H122O6. The largest absolute Gasteiger partial charge is 0.462 e. The van der Waals surface area contributed by atoms with Gasteiger partial charge in [-0.05, 0) is 116 Å². The highest BCUT2D eigenvalue weighted by atomic mass is 16.6. The minimum atomic E-state index is -0.799. The molecule has 1 unspecified atom stereocenters. The Labute approximate surface area is 471 Å². The molecule has 0 heterocycles.